The van der Waals surface area contributed by atoms with Gasteiger partial charge >= 0.3 is 5.97 Å². The van der Waals surface area contributed by atoms with Crippen LogP contribution < -0.4 is 14.4 Å². The molecule has 6 heteroatoms. The second-order valence-electron chi connectivity index (χ2n) is 6.93. The Hall–Kier alpha value is -3.80. The fraction of sp³-hybridized carbons (Fsp3) is 0.130. The van der Waals surface area contributed by atoms with Crippen LogP contribution in [0.15, 0.2) is 66.7 Å². The molecule has 1 atom stereocenters. The minimum absolute atomic E-state index is 0.137. The van der Waals surface area contributed by atoms with Gasteiger partial charge in [0.1, 0.15) is 0 Å². The van der Waals surface area contributed by atoms with Gasteiger partial charge < -0.3 is 14.2 Å². The summed E-state index contributed by atoms with van der Waals surface area (Å²) in [6.45, 7) is 2.06. The van der Waals surface area contributed by atoms with Crippen molar-refractivity contribution in [1.82, 2.24) is 0 Å². The van der Waals surface area contributed by atoms with E-state index in [0.29, 0.717) is 33.9 Å². The Morgan fingerprint density at radius 1 is 0.966 bits per heavy atom. The fourth-order valence-electron chi connectivity index (χ4n) is 3.62. The summed E-state index contributed by atoms with van der Waals surface area (Å²) >= 11 is 0. The summed E-state index contributed by atoms with van der Waals surface area (Å²) in [5.74, 6) is 0.445. The third-order valence-corrected chi connectivity index (χ3v) is 5.00. The van der Waals surface area contributed by atoms with Crippen LogP contribution in [0, 0.1) is 6.92 Å². The van der Waals surface area contributed by atoms with Crippen LogP contribution in [0.1, 0.15) is 38.1 Å². The second kappa shape index (κ2) is 6.67. The van der Waals surface area contributed by atoms with Gasteiger partial charge in [0.2, 0.25) is 13.0 Å². The molecule has 5 rings (SSSR count). The van der Waals surface area contributed by atoms with Gasteiger partial charge in [0.15, 0.2) is 11.5 Å². The SMILES string of the molecule is Cc1cccc(C(=O)N2c3ccccc3C(=O)O[C@@H]2c2ccc3c(c2)OCO3)c1. The van der Waals surface area contributed by atoms with Crippen molar-refractivity contribution in [3.63, 3.8) is 0 Å². The van der Waals surface area contributed by atoms with Crippen LogP contribution in [-0.4, -0.2) is 18.7 Å². The van der Waals surface area contributed by atoms with Crippen molar-refractivity contribution in [2.45, 2.75) is 13.2 Å². The number of carbonyl (C=O) groups excluding carboxylic acids is 2. The number of ether oxygens (including phenoxy) is 3. The highest BCUT2D eigenvalue weighted by molar-refractivity contribution is 6.11. The van der Waals surface area contributed by atoms with E-state index in [1.165, 1.54) is 4.90 Å². The van der Waals surface area contributed by atoms with Crippen LogP contribution in [0.2, 0.25) is 0 Å². The molecule has 2 heterocycles. The quantitative estimate of drug-likeness (QED) is 0.616. The highest BCUT2D eigenvalue weighted by Gasteiger charge is 2.38. The number of para-hydroxylation sites is 1. The van der Waals surface area contributed by atoms with Gasteiger partial charge in [0.05, 0.1) is 11.3 Å². The summed E-state index contributed by atoms with van der Waals surface area (Å²) in [6.07, 6.45) is -0.917. The van der Waals surface area contributed by atoms with Gasteiger partial charge in [-0.2, -0.15) is 0 Å². The molecule has 2 aliphatic heterocycles. The molecule has 0 saturated carbocycles. The predicted octanol–water partition coefficient (Wildman–Crippen LogP) is 4.24. The number of benzene rings is 3. The topological polar surface area (TPSA) is 65.1 Å². The van der Waals surface area contributed by atoms with Gasteiger partial charge in [-0.25, -0.2) is 4.79 Å². The van der Waals surface area contributed by atoms with E-state index < -0.39 is 12.2 Å². The largest absolute Gasteiger partial charge is 0.454 e. The number of aryl methyl sites for hydroxylation is 1. The Balaban J connectivity index is 1.65. The molecule has 3 aromatic rings. The summed E-state index contributed by atoms with van der Waals surface area (Å²) in [4.78, 5) is 27.7. The molecule has 0 radical (unpaired) electrons. The number of anilines is 1. The smallest absolute Gasteiger partial charge is 0.342 e. The average molecular weight is 387 g/mol. The molecule has 0 fully saturated rings. The molecular formula is C23H17NO5. The zero-order chi connectivity index (χ0) is 20.0. The van der Waals surface area contributed by atoms with Crippen LogP contribution >= 0.6 is 0 Å². The molecule has 1 amide bonds. The molecule has 0 aliphatic carbocycles. The van der Waals surface area contributed by atoms with E-state index in [4.69, 9.17) is 14.2 Å². The van der Waals surface area contributed by atoms with E-state index in [2.05, 4.69) is 0 Å². The van der Waals surface area contributed by atoms with Crippen molar-refractivity contribution in [2.24, 2.45) is 0 Å². The molecule has 2 aliphatic rings. The molecule has 0 unspecified atom stereocenters. The number of rotatable bonds is 2. The highest BCUT2D eigenvalue weighted by Crippen LogP contribution is 2.41. The van der Waals surface area contributed by atoms with E-state index in [1.54, 1.807) is 48.5 Å². The summed E-state index contributed by atoms with van der Waals surface area (Å²) in [5.41, 5.74) is 2.97. The Morgan fingerprint density at radius 3 is 2.66 bits per heavy atom. The van der Waals surface area contributed by atoms with Crippen molar-refractivity contribution in [2.75, 3.05) is 11.7 Å². The third-order valence-electron chi connectivity index (χ3n) is 5.00. The number of esters is 1. The molecule has 0 spiro atoms. The van der Waals surface area contributed by atoms with Crippen molar-refractivity contribution in [3.05, 3.63) is 89.0 Å². The van der Waals surface area contributed by atoms with Gasteiger partial charge in [0, 0.05) is 11.1 Å². The minimum Gasteiger partial charge on any atom is -0.454 e. The van der Waals surface area contributed by atoms with Crippen LogP contribution in [0.4, 0.5) is 5.69 Å². The second-order valence-corrected chi connectivity index (χ2v) is 6.93. The van der Waals surface area contributed by atoms with E-state index >= 15 is 0 Å². The van der Waals surface area contributed by atoms with Crippen molar-refractivity contribution in [1.29, 1.82) is 0 Å². The lowest BCUT2D eigenvalue weighted by Crippen LogP contribution is -2.41. The summed E-state index contributed by atoms with van der Waals surface area (Å²) in [7, 11) is 0. The van der Waals surface area contributed by atoms with Gasteiger partial charge in [-0.3, -0.25) is 9.69 Å². The lowest BCUT2D eigenvalue weighted by Gasteiger charge is -2.36. The van der Waals surface area contributed by atoms with E-state index in [0.717, 1.165) is 5.56 Å². The first-order valence-electron chi connectivity index (χ1n) is 9.21. The normalized spacial score (nSPS) is 16.9. The van der Waals surface area contributed by atoms with Crippen LogP contribution in [0.3, 0.4) is 0 Å². The molecular weight excluding hydrogens is 370 g/mol. The monoisotopic (exact) mass is 387 g/mol. The lowest BCUT2D eigenvalue weighted by atomic mass is 10.0. The number of amides is 1. The van der Waals surface area contributed by atoms with E-state index in [1.807, 2.05) is 25.1 Å². The zero-order valence-electron chi connectivity index (χ0n) is 15.6. The number of carbonyl (C=O) groups is 2. The van der Waals surface area contributed by atoms with Crippen LogP contribution in [0.25, 0.3) is 0 Å². The maximum atomic E-state index is 13.5. The maximum absolute atomic E-state index is 13.5. The first-order chi connectivity index (χ1) is 14.1. The first kappa shape index (κ1) is 17.3. The van der Waals surface area contributed by atoms with Gasteiger partial charge in [-0.1, -0.05) is 29.8 Å². The minimum atomic E-state index is -0.917. The molecule has 6 nitrogen and oxygen atoms in total. The average Bonchev–Trinajstić information content (AvgIpc) is 3.21. The molecule has 0 aromatic heterocycles. The standard InChI is InChI=1S/C23H17NO5/c1-14-5-4-6-15(11-14)21(25)24-18-8-3-2-7-17(18)23(26)29-22(24)16-9-10-19-20(12-16)28-13-27-19/h2-12,22H,13H2,1H3/t22-/m1/s1. The van der Waals surface area contributed by atoms with Gasteiger partial charge in [-0.05, 0) is 49.4 Å². The first-order valence-corrected chi connectivity index (χ1v) is 9.21. The van der Waals surface area contributed by atoms with Crippen LogP contribution in [-0.2, 0) is 4.74 Å². The summed E-state index contributed by atoms with van der Waals surface area (Å²) in [6, 6.07) is 19.6. The number of hydrogen-bond acceptors (Lipinski definition) is 5. The van der Waals surface area contributed by atoms with Gasteiger partial charge in [-0.15, -0.1) is 0 Å². The third kappa shape index (κ3) is 2.89. The number of fused-ring (bicyclic) bond motifs is 2. The van der Waals surface area contributed by atoms with Gasteiger partial charge in [0.25, 0.3) is 5.91 Å². The van der Waals surface area contributed by atoms with Crippen LogP contribution in [0.5, 0.6) is 11.5 Å². The lowest BCUT2D eigenvalue weighted by molar-refractivity contribution is 0.0248. The van der Waals surface area contributed by atoms with Crippen molar-refractivity contribution in [3.8, 4) is 11.5 Å². The molecule has 0 saturated heterocycles. The van der Waals surface area contributed by atoms with Crippen molar-refractivity contribution >= 4 is 17.6 Å². The molecule has 0 bridgehead atoms. The van der Waals surface area contributed by atoms with E-state index in [9.17, 15) is 9.59 Å². The zero-order valence-corrected chi connectivity index (χ0v) is 15.6. The Bertz CT molecular complexity index is 1140. The number of nitrogens with zero attached hydrogens (tertiary/aromatic N) is 1. The molecule has 0 N–H and O–H groups in total. The number of cyclic esters (lactones) is 1. The molecule has 29 heavy (non-hydrogen) atoms. The maximum Gasteiger partial charge on any atom is 0.342 e. The summed E-state index contributed by atoms with van der Waals surface area (Å²) < 4.78 is 16.5. The van der Waals surface area contributed by atoms with E-state index in [-0.39, 0.29) is 12.7 Å². The Kier molecular flexibility index (Phi) is 3.98. The Labute approximate surface area is 167 Å². The molecule has 3 aromatic carbocycles. The number of hydrogen-bond donors (Lipinski definition) is 0. The Morgan fingerprint density at radius 2 is 1.79 bits per heavy atom. The summed E-state index contributed by atoms with van der Waals surface area (Å²) in [5, 5.41) is 0. The molecule has 144 valence electrons. The fourth-order valence-corrected chi connectivity index (χ4v) is 3.62. The van der Waals surface area contributed by atoms with Crippen molar-refractivity contribution < 1.29 is 23.8 Å². The predicted molar refractivity (Wildman–Crippen MR) is 105 cm³/mol. The highest BCUT2D eigenvalue weighted by atomic mass is 16.7.